The Hall–Kier alpha value is -0.258. The van der Waals surface area contributed by atoms with Crippen LogP contribution in [0.3, 0.4) is 0 Å². The zero-order chi connectivity index (χ0) is 18.1. The SMILES string of the molecule is CCCCn1cc[n+](C)c1.O=S(=O)(O)O.[CH2-]CCCCCCC.[Pd]. The van der Waals surface area contributed by atoms with Gasteiger partial charge in [0.2, 0.25) is 6.33 Å². The number of aromatic nitrogens is 2. The van der Waals surface area contributed by atoms with Gasteiger partial charge in [0.25, 0.3) is 0 Å². The van der Waals surface area contributed by atoms with E-state index in [1.54, 1.807) is 0 Å². The summed E-state index contributed by atoms with van der Waals surface area (Å²) in [6.45, 7) is 9.39. The van der Waals surface area contributed by atoms with Crippen LogP contribution in [0.15, 0.2) is 18.7 Å². The van der Waals surface area contributed by atoms with Gasteiger partial charge in [0.1, 0.15) is 12.4 Å². The smallest absolute Gasteiger partial charge is 0.343 e. The van der Waals surface area contributed by atoms with Crippen molar-refractivity contribution < 1.29 is 42.5 Å². The summed E-state index contributed by atoms with van der Waals surface area (Å²) in [4.78, 5) is 0. The molecule has 2 N–H and O–H groups in total. The van der Waals surface area contributed by atoms with Crippen LogP contribution >= 0.6 is 0 Å². The van der Waals surface area contributed by atoms with E-state index in [1.807, 2.05) is 7.05 Å². The largest absolute Gasteiger partial charge is 0.394 e. The molecule has 1 aromatic heterocycles. The summed E-state index contributed by atoms with van der Waals surface area (Å²) in [5.74, 6) is 0. The average molecular weight is 457 g/mol. The quantitative estimate of drug-likeness (QED) is 0.206. The van der Waals surface area contributed by atoms with E-state index >= 15 is 0 Å². The molecule has 1 aromatic rings. The molecule has 24 heavy (non-hydrogen) atoms. The summed E-state index contributed by atoms with van der Waals surface area (Å²) in [5.41, 5.74) is 0. The van der Waals surface area contributed by atoms with Crippen molar-refractivity contribution in [2.45, 2.75) is 71.8 Å². The van der Waals surface area contributed by atoms with Gasteiger partial charge >= 0.3 is 10.4 Å². The predicted octanol–water partition coefficient (Wildman–Crippen LogP) is 3.64. The van der Waals surface area contributed by atoms with Crippen molar-refractivity contribution in [3.8, 4) is 0 Å². The minimum Gasteiger partial charge on any atom is -0.343 e. The first-order chi connectivity index (χ1) is 10.7. The van der Waals surface area contributed by atoms with Crippen LogP contribution in [0, 0.1) is 6.92 Å². The van der Waals surface area contributed by atoms with Gasteiger partial charge in [-0.25, -0.2) is 9.13 Å². The number of nitrogens with zero attached hydrogens (tertiary/aromatic N) is 2. The zero-order valence-corrected chi connectivity index (χ0v) is 17.5. The Kier molecular flexibility index (Phi) is 22.7. The summed E-state index contributed by atoms with van der Waals surface area (Å²) in [5, 5.41) is 0. The molecule has 0 aliphatic rings. The zero-order valence-electron chi connectivity index (χ0n) is 15.1. The first kappa shape index (κ1) is 28.5. The Labute approximate surface area is 161 Å². The van der Waals surface area contributed by atoms with Gasteiger partial charge in [-0.1, -0.05) is 52.4 Å². The third-order valence-corrected chi connectivity index (χ3v) is 2.95. The molecule has 0 bridgehead atoms. The van der Waals surface area contributed by atoms with Crippen LogP contribution < -0.4 is 4.57 Å². The van der Waals surface area contributed by atoms with Crippen LogP contribution in [0.4, 0.5) is 0 Å². The van der Waals surface area contributed by atoms with Gasteiger partial charge in [-0.3, -0.25) is 9.11 Å². The molecule has 0 spiro atoms. The molecule has 1 rings (SSSR count). The maximum Gasteiger partial charge on any atom is 0.394 e. The fourth-order valence-electron chi connectivity index (χ4n) is 1.76. The van der Waals surface area contributed by atoms with E-state index in [-0.39, 0.29) is 20.4 Å². The molecule has 8 heteroatoms. The number of rotatable bonds is 8. The molecule has 0 fully saturated rings. The standard InChI is InChI=1S/C8H15N2.C8H17.H2O4S.Pd/c1-3-4-5-10-7-6-9(2)8-10;1-3-5-7-8-6-4-2;1-5(2,3)4;/h6-8H,3-5H2,1-2H3;1,3-8H2,2H3;(H2,1,2,3,4);/q+1;-1;;. The molecule has 1 heterocycles. The molecule has 0 saturated heterocycles. The summed E-state index contributed by atoms with van der Waals surface area (Å²) in [7, 11) is -2.62. The Morgan fingerprint density at radius 3 is 1.92 bits per heavy atom. The Morgan fingerprint density at radius 2 is 1.54 bits per heavy atom. The monoisotopic (exact) mass is 456 g/mol. The van der Waals surface area contributed by atoms with Gasteiger partial charge < -0.3 is 6.92 Å². The first-order valence-electron chi connectivity index (χ1n) is 8.24. The van der Waals surface area contributed by atoms with Crippen molar-refractivity contribution in [2.24, 2.45) is 7.05 Å². The van der Waals surface area contributed by atoms with E-state index in [1.165, 1.54) is 44.9 Å². The summed E-state index contributed by atoms with van der Waals surface area (Å²) < 4.78 is 35.9. The van der Waals surface area contributed by atoms with E-state index in [0.29, 0.717) is 0 Å². The molecule has 6 nitrogen and oxygen atoms in total. The van der Waals surface area contributed by atoms with Crippen molar-refractivity contribution in [2.75, 3.05) is 0 Å². The molecular weight excluding hydrogens is 423 g/mol. The van der Waals surface area contributed by atoms with E-state index in [2.05, 4.69) is 48.6 Å². The third kappa shape index (κ3) is 29.7. The van der Waals surface area contributed by atoms with Crippen molar-refractivity contribution in [3.63, 3.8) is 0 Å². The maximum atomic E-state index is 8.74. The molecule has 0 aliphatic carbocycles. The number of unbranched alkanes of at least 4 members (excludes halogenated alkanes) is 6. The van der Waals surface area contributed by atoms with Crippen molar-refractivity contribution in [1.82, 2.24) is 4.57 Å². The van der Waals surface area contributed by atoms with Crippen molar-refractivity contribution in [1.29, 1.82) is 0 Å². The molecule has 0 radical (unpaired) electrons. The van der Waals surface area contributed by atoms with E-state index in [9.17, 15) is 0 Å². The number of aryl methyl sites for hydroxylation is 2. The second-order valence-corrected chi connectivity index (χ2v) is 6.28. The van der Waals surface area contributed by atoms with Crippen molar-refractivity contribution >= 4 is 10.4 Å². The van der Waals surface area contributed by atoms with E-state index < -0.39 is 10.4 Å². The van der Waals surface area contributed by atoms with Gasteiger partial charge in [0.05, 0.1) is 13.6 Å². The molecule has 148 valence electrons. The molecule has 0 aliphatic heterocycles. The van der Waals surface area contributed by atoms with Crippen LogP contribution in [0.25, 0.3) is 0 Å². The number of hydrogen-bond donors (Lipinski definition) is 2. The normalized spacial score (nSPS) is 9.92. The number of imidazole rings is 1. The Bertz CT molecular complexity index is 450. The van der Waals surface area contributed by atoms with Crippen LogP contribution in [-0.4, -0.2) is 22.1 Å². The Balaban J connectivity index is -0.000000286. The van der Waals surface area contributed by atoms with Crippen LogP contribution in [0.1, 0.15) is 65.2 Å². The summed E-state index contributed by atoms with van der Waals surface area (Å²) >= 11 is 0. The topological polar surface area (TPSA) is 83.4 Å². The second-order valence-electron chi connectivity index (χ2n) is 5.39. The Morgan fingerprint density at radius 1 is 1.04 bits per heavy atom. The van der Waals surface area contributed by atoms with Gasteiger partial charge in [-0.15, -0.1) is 0 Å². The number of hydrogen-bond acceptors (Lipinski definition) is 2. The molecule has 0 unspecified atom stereocenters. The predicted molar refractivity (Wildman–Crippen MR) is 93.4 cm³/mol. The molecule has 0 amide bonds. The molecule has 0 atom stereocenters. The van der Waals surface area contributed by atoms with Crippen LogP contribution in [-0.2, 0) is 44.4 Å². The first-order valence-corrected chi connectivity index (χ1v) is 9.64. The van der Waals surface area contributed by atoms with E-state index in [0.717, 1.165) is 13.0 Å². The van der Waals surface area contributed by atoms with Crippen molar-refractivity contribution in [3.05, 3.63) is 25.6 Å². The third-order valence-electron chi connectivity index (χ3n) is 2.95. The van der Waals surface area contributed by atoms with Gasteiger partial charge in [-0.2, -0.15) is 14.8 Å². The van der Waals surface area contributed by atoms with Gasteiger partial charge in [0, 0.05) is 20.4 Å². The van der Waals surface area contributed by atoms with E-state index in [4.69, 9.17) is 17.5 Å². The van der Waals surface area contributed by atoms with Crippen LogP contribution in [0.2, 0.25) is 0 Å². The minimum atomic E-state index is -4.67. The molecule has 0 saturated carbocycles. The van der Waals surface area contributed by atoms with Gasteiger partial charge in [-0.05, 0) is 6.42 Å². The van der Waals surface area contributed by atoms with Crippen LogP contribution in [0.5, 0.6) is 0 Å². The molecule has 0 aromatic carbocycles. The average Bonchev–Trinajstić information content (AvgIpc) is 2.86. The maximum absolute atomic E-state index is 8.74. The molecular formula is C16H34N2O4PdS. The second kappa shape index (κ2) is 19.1. The summed E-state index contributed by atoms with van der Waals surface area (Å²) in [6.07, 6.45) is 16.8. The fourth-order valence-corrected chi connectivity index (χ4v) is 1.76. The minimum absolute atomic E-state index is 0. The summed E-state index contributed by atoms with van der Waals surface area (Å²) in [6, 6.07) is 0. The van der Waals surface area contributed by atoms with Gasteiger partial charge in [0.15, 0.2) is 0 Å². The fraction of sp³-hybridized carbons (Fsp3) is 0.750.